The molecule has 0 nitrogen and oxygen atoms in total. The lowest BCUT2D eigenvalue weighted by Gasteiger charge is -1.99. The van der Waals surface area contributed by atoms with Crippen molar-refractivity contribution in [3.63, 3.8) is 0 Å². The molecule has 0 atom stereocenters. The smallest absolute Gasteiger partial charge is 0.160 e. The number of rotatable bonds is 2. The van der Waals surface area contributed by atoms with E-state index in [4.69, 9.17) is 34.8 Å². The van der Waals surface area contributed by atoms with E-state index in [1.807, 2.05) is 0 Å². The van der Waals surface area contributed by atoms with Gasteiger partial charge >= 0.3 is 0 Å². The molecular formula is C9H6Cl3F. The Labute approximate surface area is 90.9 Å². The summed E-state index contributed by atoms with van der Waals surface area (Å²) in [5.74, 6) is -0.196. The third-order valence-corrected chi connectivity index (χ3v) is 2.13. The molecule has 0 amide bonds. The highest BCUT2D eigenvalue weighted by Gasteiger charge is 2.05. The molecule has 4 heteroatoms. The Morgan fingerprint density at radius 3 is 2.23 bits per heavy atom. The van der Waals surface area contributed by atoms with Crippen LogP contribution in [0.15, 0.2) is 18.2 Å². The molecule has 0 heterocycles. The van der Waals surface area contributed by atoms with Gasteiger partial charge in [-0.3, -0.25) is 0 Å². The average molecular weight is 240 g/mol. The van der Waals surface area contributed by atoms with Crippen LogP contribution in [0.25, 0.3) is 6.08 Å². The van der Waals surface area contributed by atoms with Gasteiger partial charge in [0.1, 0.15) is 0 Å². The molecule has 0 aromatic heterocycles. The Morgan fingerprint density at radius 1 is 1.23 bits per heavy atom. The van der Waals surface area contributed by atoms with E-state index in [0.717, 1.165) is 5.56 Å². The molecule has 1 aromatic carbocycles. The number of alkyl halides is 1. The van der Waals surface area contributed by atoms with Gasteiger partial charge in [0, 0.05) is 5.88 Å². The molecule has 0 unspecified atom stereocenters. The van der Waals surface area contributed by atoms with E-state index in [2.05, 4.69) is 0 Å². The zero-order chi connectivity index (χ0) is 9.84. The third-order valence-electron chi connectivity index (χ3n) is 1.41. The molecule has 0 fully saturated rings. The van der Waals surface area contributed by atoms with Gasteiger partial charge in [0.05, 0.1) is 10.0 Å². The monoisotopic (exact) mass is 238 g/mol. The van der Waals surface area contributed by atoms with Gasteiger partial charge in [0.2, 0.25) is 0 Å². The van der Waals surface area contributed by atoms with Gasteiger partial charge in [-0.1, -0.05) is 35.4 Å². The molecule has 0 aliphatic heterocycles. The molecule has 0 aliphatic rings. The van der Waals surface area contributed by atoms with E-state index < -0.39 is 5.82 Å². The lowest BCUT2D eigenvalue weighted by atomic mass is 10.2. The van der Waals surface area contributed by atoms with Gasteiger partial charge in [-0.25, -0.2) is 4.39 Å². The van der Waals surface area contributed by atoms with E-state index >= 15 is 0 Å². The molecule has 0 N–H and O–H groups in total. The van der Waals surface area contributed by atoms with Gasteiger partial charge in [-0.2, -0.15) is 0 Å². The third kappa shape index (κ3) is 2.87. The van der Waals surface area contributed by atoms with Crippen molar-refractivity contribution in [3.05, 3.63) is 39.6 Å². The highest BCUT2D eigenvalue weighted by Crippen LogP contribution is 2.25. The first-order valence-electron chi connectivity index (χ1n) is 3.52. The molecule has 0 aliphatic carbocycles. The second kappa shape index (κ2) is 4.85. The van der Waals surface area contributed by atoms with Crippen LogP contribution in [0, 0.1) is 5.82 Å². The topological polar surface area (TPSA) is 0 Å². The van der Waals surface area contributed by atoms with Crippen LogP contribution >= 0.6 is 34.8 Å². The number of hydrogen-bond acceptors (Lipinski definition) is 0. The van der Waals surface area contributed by atoms with Crippen LogP contribution in [-0.4, -0.2) is 5.88 Å². The van der Waals surface area contributed by atoms with Crippen LogP contribution in [0.1, 0.15) is 5.56 Å². The predicted molar refractivity (Wildman–Crippen MR) is 56.2 cm³/mol. The fraction of sp³-hybridized carbons (Fsp3) is 0.111. The first kappa shape index (κ1) is 10.8. The van der Waals surface area contributed by atoms with E-state index in [1.165, 1.54) is 12.1 Å². The van der Waals surface area contributed by atoms with Crippen molar-refractivity contribution >= 4 is 40.9 Å². The van der Waals surface area contributed by atoms with Crippen molar-refractivity contribution in [2.24, 2.45) is 0 Å². The minimum Gasteiger partial charge on any atom is -0.204 e. The van der Waals surface area contributed by atoms with Crippen molar-refractivity contribution in [3.8, 4) is 0 Å². The summed E-state index contributed by atoms with van der Waals surface area (Å²) in [4.78, 5) is 0. The summed E-state index contributed by atoms with van der Waals surface area (Å²) < 4.78 is 12.9. The molecule has 0 spiro atoms. The van der Waals surface area contributed by atoms with Gasteiger partial charge in [-0.15, -0.1) is 11.6 Å². The number of allylic oxidation sites excluding steroid dienone is 1. The van der Waals surface area contributed by atoms with Crippen molar-refractivity contribution in [2.45, 2.75) is 0 Å². The average Bonchev–Trinajstić information content (AvgIpc) is 2.10. The van der Waals surface area contributed by atoms with Crippen LogP contribution in [0.5, 0.6) is 0 Å². The van der Waals surface area contributed by atoms with E-state index in [9.17, 15) is 4.39 Å². The number of halogens is 4. The van der Waals surface area contributed by atoms with Gasteiger partial charge in [-0.05, 0) is 17.7 Å². The molecule has 70 valence electrons. The molecule has 0 saturated carbocycles. The Kier molecular flexibility index (Phi) is 4.04. The first-order chi connectivity index (χ1) is 6.15. The fourth-order valence-electron chi connectivity index (χ4n) is 0.852. The maximum atomic E-state index is 12.9. The van der Waals surface area contributed by atoms with Crippen molar-refractivity contribution < 1.29 is 4.39 Å². The summed E-state index contributed by atoms with van der Waals surface area (Å²) in [6.07, 6.45) is 3.45. The van der Waals surface area contributed by atoms with E-state index in [0.29, 0.717) is 5.88 Å². The standard InChI is InChI=1S/C9H6Cl3F/c10-3-1-2-6-4-7(11)9(13)8(12)5-6/h1-2,4-5H,3H2. The largest absolute Gasteiger partial charge is 0.204 e. The second-order valence-corrected chi connectivity index (χ2v) is 3.48. The summed E-state index contributed by atoms with van der Waals surface area (Å²) >= 11 is 16.6. The quantitative estimate of drug-likeness (QED) is 0.530. The highest BCUT2D eigenvalue weighted by molar-refractivity contribution is 6.35. The SMILES string of the molecule is Fc1c(Cl)cc(C=CCCl)cc1Cl. The Bertz CT molecular complexity index is 311. The number of hydrogen-bond donors (Lipinski definition) is 0. The van der Waals surface area contributed by atoms with Crippen molar-refractivity contribution in [1.82, 2.24) is 0 Å². The molecule has 1 aromatic rings. The molecule has 13 heavy (non-hydrogen) atoms. The van der Waals surface area contributed by atoms with E-state index in [1.54, 1.807) is 12.2 Å². The molecule has 0 saturated heterocycles. The predicted octanol–water partition coefficient (Wildman–Crippen LogP) is 4.38. The van der Waals surface area contributed by atoms with Crippen LogP contribution in [0.4, 0.5) is 4.39 Å². The molecular weight excluding hydrogens is 233 g/mol. The summed E-state index contributed by atoms with van der Waals surface area (Å²) in [6.45, 7) is 0. The van der Waals surface area contributed by atoms with Crippen LogP contribution in [0.2, 0.25) is 10.0 Å². The Balaban J connectivity index is 3.06. The van der Waals surface area contributed by atoms with Gasteiger partial charge < -0.3 is 0 Å². The fourth-order valence-corrected chi connectivity index (χ4v) is 1.45. The Hall–Kier alpha value is -0.240. The normalized spacial score (nSPS) is 11.1. The lowest BCUT2D eigenvalue weighted by molar-refractivity contribution is 0.628. The maximum Gasteiger partial charge on any atom is 0.160 e. The summed E-state index contributed by atoms with van der Waals surface area (Å²) in [7, 11) is 0. The summed E-state index contributed by atoms with van der Waals surface area (Å²) in [5.41, 5.74) is 0.733. The van der Waals surface area contributed by atoms with Gasteiger partial charge in [0.25, 0.3) is 0 Å². The minimum atomic E-state index is -0.591. The summed E-state index contributed by atoms with van der Waals surface area (Å²) in [6, 6.07) is 2.98. The zero-order valence-electron chi connectivity index (χ0n) is 6.53. The van der Waals surface area contributed by atoms with Gasteiger partial charge in [0.15, 0.2) is 5.82 Å². The van der Waals surface area contributed by atoms with Crippen LogP contribution in [-0.2, 0) is 0 Å². The Morgan fingerprint density at radius 2 is 1.77 bits per heavy atom. The van der Waals surface area contributed by atoms with Crippen LogP contribution < -0.4 is 0 Å². The first-order valence-corrected chi connectivity index (χ1v) is 4.81. The molecule has 1 rings (SSSR count). The zero-order valence-corrected chi connectivity index (χ0v) is 8.80. The van der Waals surface area contributed by atoms with Crippen molar-refractivity contribution in [1.29, 1.82) is 0 Å². The molecule has 0 radical (unpaired) electrons. The molecule has 0 bridgehead atoms. The maximum absolute atomic E-state index is 12.9. The van der Waals surface area contributed by atoms with Crippen LogP contribution in [0.3, 0.4) is 0 Å². The second-order valence-electron chi connectivity index (χ2n) is 2.36. The van der Waals surface area contributed by atoms with Crippen molar-refractivity contribution in [2.75, 3.05) is 5.88 Å². The van der Waals surface area contributed by atoms with E-state index in [-0.39, 0.29) is 10.0 Å². The lowest BCUT2D eigenvalue weighted by Crippen LogP contribution is -1.81. The summed E-state index contributed by atoms with van der Waals surface area (Å²) in [5, 5.41) is 0.0310. The highest BCUT2D eigenvalue weighted by atomic mass is 35.5. The minimum absolute atomic E-state index is 0.0155. The number of benzene rings is 1.